The van der Waals surface area contributed by atoms with Crippen molar-refractivity contribution in [3.05, 3.63) is 18.5 Å². The Morgan fingerprint density at radius 2 is 2.18 bits per heavy atom. The number of fused-ring (bicyclic) bond motifs is 1. The SMILES string of the molecule is Nc1nc(NCC2CC=CC2)c2[nH]cnc2n1. The van der Waals surface area contributed by atoms with E-state index < -0.39 is 0 Å². The van der Waals surface area contributed by atoms with E-state index in [2.05, 4.69) is 37.4 Å². The second-order valence-electron chi connectivity index (χ2n) is 4.22. The van der Waals surface area contributed by atoms with Crippen molar-refractivity contribution in [2.24, 2.45) is 5.92 Å². The molecule has 0 amide bonds. The molecule has 0 radical (unpaired) electrons. The summed E-state index contributed by atoms with van der Waals surface area (Å²) in [7, 11) is 0. The lowest BCUT2D eigenvalue weighted by atomic mass is 10.1. The topological polar surface area (TPSA) is 92.5 Å². The molecule has 17 heavy (non-hydrogen) atoms. The minimum Gasteiger partial charge on any atom is -0.368 e. The molecule has 0 bridgehead atoms. The van der Waals surface area contributed by atoms with Crippen LogP contribution in [-0.2, 0) is 0 Å². The lowest BCUT2D eigenvalue weighted by molar-refractivity contribution is 0.602. The molecule has 0 saturated carbocycles. The summed E-state index contributed by atoms with van der Waals surface area (Å²) in [6.07, 6.45) is 8.28. The Bertz CT molecular complexity index is 550. The van der Waals surface area contributed by atoms with Crippen LogP contribution in [0.1, 0.15) is 12.8 Å². The van der Waals surface area contributed by atoms with Crippen molar-refractivity contribution < 1.29 is 0 Å². The highest BCUT2D eigenvalue weighted by Gasteiger charge is 2.12. The molecule has 6 heteroatoms. The first-order chi connectivity index (χ1) is 8.33. The zero-order chi connectivity index (χ0) is 11.7. The first kappa shape index (κ1) is 10.1. The Balaban J connectivity index is 1.81. The zero-order valence-electron chi connectivity index (χ0n) is 9.35. The van der Waals surface area contributed by atoms with Crippen molar-refractivity contribution in [1.29, 1.82) is 0 Å². The number of rotatable bonds is 3. The largest absolute Gasteiger partial charge is 0.368 e. The van der Waals surface area contributed by atoms with Gasteiger partial charge in [-0.05, 0) is 18.8 Å². The van der Waals surface area contributed by atoms with E-state index in [0.29, 0.717) is 11.6 Å². The van der Waals surface area contributed by atoms with E-state index in [1.807, 2.05) is 0 Å². The van der Waals surface area contributed by atoms with E-state index in [0.717, 1.165) is 30.7 Å². The van der Waals surface area contributed by atoms with Gasteiger partial charge >= 0.3 is 0 Å². The summed E-state index contributed by atoms with van der Waals surface area (Å²) in [5.74, 6) is 1.62. The maximum absolute atomic E-state index is 5.64. The summed E-state index contributed by atoms with van der Waals surface area (Å²) in [5.41, 5.74) is 7.05. The molecule has 2 heterocycles. The van der Waals surface area contributed by atoms with Crippen molar-refractivity contribution in [2.45, 2.75) is 12.8 Å². The van der Waals surface area contributed by atoms with Crippen LogP contribution in [0.5, 0.6) is 0 Å². The van der Waals surface area contributed by atoms with E-state index >= 15 is 0 Å². The van der Waals surface area contributed by atoms with Crippen LogP contribution in [0, 0.1) is 5.92 Å². The normalized spacial score (nSPS) is 15.8. The van der Waals surface area contributed by atoms with E-state index in [-0.39, 0.29) is 5.95 Å². The van der Waals surface area contributed by atoms with Crippen LogP contribution in [0.4, 0.5) is 11.8 Å². The van der Waals surface area contributed by atoms with Crippen LogP contribution in [-0.4, -0.2) is 26.5 Å². The molecule has 0 saturated heterocycles. The Morgan fingerprint density at radius 3 is 3.00 bits per heavy atom. The summed E-state index contributed by atoms with van der Waals surface area (Å²) in [6, 6.07) is 0. The molecule has 0 aliphatic heterocycles. The van der Waals surface area contributed by atoms with E-state index in [9.17, 15) is 0 Å². The highest BCUT2D eigenvalue weighted by Crippen LogP contribution is 2.21. The van der Waals surface area contributed by atoms with Crippen LogP contribution < -0.4 is 11.1 Å². The van der Waals surface area contributed by atoms with Crippen molar-refractivity contribution >= 4 is 22.9 Å². The second kappa shape index (κ2) is 4.04. The van der Waals surface area contributed by atoms with Crippen LogP contribution >= 0.6 is 0 Å². The van der Waals surface area contributed by atoms with Gasteiger partial charge in [0.05, 0.1) is 6.33 Å². The van der Waals surface area contributed by atoms with Crippen LogP contribution in [0.2, 0.25) is 0 Å². The van der Waals surface area contributed by atoms with Gasteiger partial charge in [0.15, 0.2) is 11.5 Å². The smallest absolute Gasteiger partial charge is 0.224 e. The molecule has 88 valence electrons. The standard InChI is InChI=1S/C11H14N6/c12-11-16-9(8-10(17-11)15-6-14-8)13-5-7-3-1-2-4-7/h1-2,6-7H,3-5H2,(H4,12,13,14,15,16,17). The Morgan fingerprint density at radius 1 is 1.35 bits per heavy atom. The van der Waals surface area contributed by atoms with Crippen LogP contribution in [0.25, 0.3) is 11.2 Å². The Kier molecular flexibility index (Phi) is 2.40. The van der Waals surface area contributed by atoms with Gasteiger partial charge in [-0.15, -0.1) is 0 Å². The number of aromatic amines is 1. The van der Waals surface area contributed by atoms with Gasteiger partial charge in [0.1, 0.15) is 5.52 Å². The number of H-pyrrole nitrogens is 1. The van der Waals surface area contributed by atoms with Crippen LogP contribution in [0.15, 0.2) is 18.5 Å². The van der Waals surface area contributed by atoms with Crippen molar-refractivity contribution in [3.8, 4) is 0 Å². The number of aromatic nitrogens is 4. The first-order valence-electron chi connectivity index (χ1n) is 5.68. The minimum absolute atomic E-state index is 0.247. The van der Waals surface area contributed by atoms with Crippen LogP contribution in [0.3, 0.4) is 0 Å². The molecular weight excluding hydrogens is 216 g/mol. The molecule has 3 rings (SSSR count). The summed E-state index contributed by atoms with van der Waals surface area (Å²) >= 11 is 0. The zero-order valence-corrected chi connectivity index (χ0v) is 9.35. The number of nitrogen functional groups attached to an aromatic ring is 1. The van der Waals surface area contributed by atoms with Crippen molar-refractivity contribution in [2.75, 3.05) is 17.6 Å². The maximum Gasteiger partial charge on any atom is 0.224 e. The third-order valence-electron chi connectivity index (χ3n) is 2.97. The van der Waals surface area contributed by atoms with E-state index in [1.165, 1.54) is 0 Å². The van der Waals surface area contributed by atoms with E-state index in [1.54, 1.807) is 6.33 Å². The first-order valence-corrected chi connectivity index (χ1v) is 5.68. The fraction of sp³-hybridized carbons (Fsp3) is 0.364. The van der Waals surface area contributed by atoms with Crippen molar-refractivity contribution in [1.82, 2.24) is 19.9 Å². The van der Waals surface area contributed by atoms with E-state index in [4.69, 9.17) is 5.73 Å². The third-order valence-corrected chi connectivity index (χ3v) is 2.97. The number of allylic oxidation sites excluding steroid dienone is 2. The van der Waals surface area contributed by atoms with Crippen molar-refractivity contribution in [3.63, 3.8) is 0 Å². The average Bonchev–Trinajstić information content (AvgIpc) is 2.95. The molecule has 6 nitrogen and oxygen atoms in total. The summed E-state index contributed by atoms with van der Waals surface area (Å²) < 4.78 is 0. The minimum atomic E-state index is 0.247. The Labute approximate surface area is 98.4 Å². The molecule has 0 atom stereocenters. The van der Waals surface area contributed by atoms with Gasteiger partial charge < -0.3 is 16.0 Å². The molecule has 2 aromatic heterocycles. The molecule has 4 N–H and O–H groups in total. The number of hydrogen-bond acceptors (Lipinski definition) is 5. The predicted molar refractivity (Wildman–Crippen MR) is 66.4 cm³/mol. The molecule has 0 unspecified atom stereocenters. The maximum atomic E-state index is 5.64. The number of hydrogen-bond donors (Lipinski definition) is 3. The highest BCUT2D eigenvalue weighted by molar-refractivity contribution is 5.83. The molecule has 0 spiro atoms. The quantitative estimate of drug-likeness (QED) is 0.691. The van der Waals surface area contributed by atoms with Gasteiger partial charge in [-0.2, -0.15) is 9.97 Å². The number of anilines is 2. The number of imidazole rings is 1. The highest BCUT2D eigenvalue weighted by atomic mass is 15.1. The monoisotopic (exact) mass is 230 g/mol. The average molecular weight is 230 g/mol. The lowest BCUT2D eigenvalue weighted by Crippen LogP contribution is -2.13. The van der Waals surface area contributed by atoms with Gasteiger partial charge in [-0.25, -0.2) is 4.98 Å². The number of nitrogens with one attached hydrogen (secondary N) is 2. The summed E-state index contributed by atoms with van der Waals surface area (Å²) in [6.45, 7) is 0.886. The molecule has 0 fully saturated rings. The predicted octanol–water partition coefficient (Wildman–Crippen LogP) is 1.31. The molecule has 2 aromatic rings. The van der Waals surface area contributed by atoms with Gasteiger partial charge in [-0.3, -0.25) is 0 Å². The lowest BCUT2D eigenvalue weighted by Gasteiger charge is -2.11. The van der Waals surface area contributed by atoms with Gasteiger partial charge in [0.25, 0.3) is 0 Å². The molecule has 0 aromatic carbocycles. The molecule has 1 aliphatic carbocycles. The second-order valence-corrected chi connectivity index (χ2v) is 4.22. The fourth-order valence-electron chi connectivity index (χ4n) is 2.06. The Hall–Kier alpha value is -2.11. The summed E-state index contributed by atoms with van der Waals surface area (Å²) in [5, 5.41) is 3.31. The van der Waals surface area contributed by atoms with Gasteiger partial charge in [0.2, 0.25) is 5.95 Å². The number of nitrogens with two attached hydrogens (primary N) is 1. The number of nitrogens with zero attached hydrogens (tertiary/aromatic N) is 3. The van der Waals surface area contributed by atoms with Gasteiger partial charge in [-0.1, -0.05) is 12.2 Å². The molecular formula is C11H14N6. The fourth-order valence-corrected chi connectivity index (χ4v) is 2.06. The molecule has 1 aliphatic rings. The van der Waals surface area contributed by atoms with Gasteiger partial charge in [0, 0.05) is 6.54 Å². The third kappa shape index (κ3) is 1.93. The summed E-state index contributed by atoms with van der Waals surface area (Å²) in [4.78, 5) is 15.3.